The minimum Gasteiger partial charge on any atom is -0.506 e. The number of hydrogen-bond donors (Lipinski definition) is 2. The molecule has 0 saturated carbocycles. The van der Waals surface area contributed by atoms with E-state index in [-0.39, 0.29) is 18.1 Å². The van der Waals surface area contributed by atoms with Gasteiger partial charge in [0.1, 0.15) is 11.5 Å². The molecule has 4 heteroatoms. The van der Waals surface area contributed by atoms with Gasteiger partial charge in [-0.15, -0.1) is 0 Å². The topological polar surface area (TPSA) is 58.6 Å². The minimum atomic E-state index is -0.181. The van der Waals surface area contributed by atoms with E-state index in [4.69, 9.17) is 4.74 Å². The average Bonchev–Trinajstić information content (AvgIpc) is 2.44. The number of amides is 1. The van der Waals surface area contributed by atoms with Crippen LogP contribution in [-0.4, -0.2) is 18.1 Å². The molecule has 0 aliphatic rings. The van der Waals surface area contributed by atoms with Crippen LogP contribution in [0.1, 0.15) is 16.7 Å². The van der Waals surface area contributed by atoms with Crippen LogP contribution in [0.15, 0.2) is 36.4 Å². The van der Waals surface area contributed by atoms with E-state index in [0.29, 0.717) is 5.69 Å². The van der Waals surface area contributed by atoms with Gasteiger partial charge < -0.3 is 15.2 Å². The maximum Gasteiger partial charge on any atom is 0.228 e. The summed E-state index contributed by atoms with van der Waals surface area (Å²) in [6.45, 7) is 3.83. The van der Waals surface area contributed by atoms with E-state index in [0.717, 1.165) is 22.4 Å². The first kappa shape index (κ1) is 14.9. The molecule has 0 atom stereocenters. The van der Waals surface area contributed by atoms with E-state index >= 15 is 0 Å². The average molecular weight is 285 g/mol. The van der Waals surface area contributed by atoms with Crippen molar-refractivity contribution < 1.29 is 14.6 Å². The van der Waals surface area contributed by atoms with Gasteiger partial charge in [0.25, 0.3) is 0 Å². The van der Waals surface area contributed by atoms with Crippen LogP contribution in [0.5, 0.6) is 11.5 Å². The van der Waals surface area contributed by atoms with Crippen molar-refractivity contribution in [1.82, 2.24) is 0 Å². The quantitative estimate of drug-likeness (QED) is 0.848. The maximum atomic E-state index is 12.0. The molecule has 0 aliphatic heterocycles. The van der Waals surface area contributed by atoms with Crippen LogP contribution in [0, 0.1) is 13.8 Å². The normalized spacial score (nSPS) is 10.2. The number of carbonyl (C=O) groups excluding carboxylic acids is 1. The Kier molecular flexibility index (Phi) is 4.48. The number of aromatic hydroxyl groups is 1. The Balaban J connectivity index is 2.08. The Morgan fingerprint density at radius 3 is 2.62 bits per heavy atom. The molecule has 0 radical (unpaired) electrons. The Morgan fingerprint density at radius 1 is 1.19 bits per heavy atom. The summed E-state index contributed by atoms with van der Waals surface area (Å²) in [6, 6.07) is 10.8. The summed E-state index contributed by atoms with van der Waals surface area (Å²) in [5, 5.41) is 12.5. The number of benzene rings is 2. The second-order valence-electron chi connectivity index (χ2n) is 5.05. The largest absolute Gasteiger partial charge is 0.506 e. The highest BCUT2D eigenvalue weighted by Crippen LogP contribution is 2.24. The number of hydrogen-bond acceptors (Lipinski definition) is 3. The summed E-state index contributed by atoms with van der Waals surface area (Å²) >= 11 is 0. The van der Waals surface area contributed by atoms with E-state index < -0.39 is 0 Å². The van der Waals surface area contributed by atoms with Crippen molar-refractivity contribution >= 4 is 11.6 Å². The van der Waals surface area contributed by atoms with Crippen LogP contribution in [0.25, 0.3) is 0 Å². The van der Waals surface area contributed by atoms with Gasteiger partial charge in [0.05, 0.1) is 19.2 Å². The van der Waals surface area contributed by atoms with Crippen molar-refractivity contribution in [3.8, 4) is 11.5 Å². The van der Waals surface area contributed by atoms with E-state index in [9.17, 15) is 9.90 Å². The monoisotopic (exact) mass is 285 g/mol. The maximum absolute atomic E-state index is 12.0. The Bertz CT molecular complexity index is 665. The number of rotatable bonds is 4. The summed E-state index contributed by atoms with van der Waals surface area (Å²) in [5.41, 5.74) is 3.25. The standard InChI is InChI=1S/C17H19NO3/c1-11-4-7-14(15(19)8-11)18-17(20)10-13-6-5-12(2)16(9-13)21-3/h4-9,19H,10H2,1-3H3,(H,18,20). The van der Waals surface area contributed by atoms with Crippen LogP contribution in [0.2, 0.25) is 0 Å². The predicted octanol–water partition coefficient (Wildman–Crippen LogP) is 3.20. The molecule has 2 N–H and O–H groups in total. The smallest absolute Gasteiger partial charge is 0.228 e. The number of carbonyl (C=O) groups is 1. The number of phenols is 1. The highest BCUT2D eigenvalue weighted by atomic mass is 16.5. The van der Waals surface area contributed by atoms with Crippen molar-refractivity contribution in [2.24, 2.45) is 0 Å². The van der Waals surface area contributed by atoms with Gasteiger partial charge in [-0.05, 0) is 48.7 Å². The summed E-state index contributed by atoms with van der Waals surface area (Å²) < 4.78 is 5.25. The summed E-state index contributed by atoms with van der Waals surface area (Å²) in [4.78, 5) is 12.0. The molecule has 2 rings (SSSR count). The number of ether oxygens (including phenoxy) is 1. The highest BCUT2D eigenvalue weighted by molar-refractivity contribution is 5.93. The Labute approximate surface area is 124 Å². The zero-order valence-electron chi connectivity index (χ0n) is 12.4. The van der Waals surface area contributed by atoms with Gasteiger partial charge in [0.15, 0.2) is 0 Å². The molecule has 0 bridgehead atoms. The Hall–Kier alpha value is -2.49. The van der Waals surface area contributed by atoms with Crippen molar-refractivity contribution in [1.29, 1.82) is 0 Å². The Morgan fingerprint density at radius 2 is 1.95 bits per heavy atom. The number of methoxy groups -OCH3 is 1. The third-order valence-electron chi connectivity index (χ3n) is 3.26. The molecular weight excluding hydrogens is 266 g/mol. The lowest BCUT2D eigenvalue weighted by Gasteiger charge is -2.10. The minimum absolute atomic E-state index is 0.0739. The molecule has 0 saturated heterocycles. The molecule has 0 aliphatic carbocycles. The molecule has 2 aromatic carbocycles. The molecule has 4 nitrogen and oxygen atoms in total. The molecule has 0 unspecified atom stereocenters. The first-order valence-corrected chi connectivity index (χ1v) is 6.72. The first-order chi connectivity index (χ1) is 9.99. The molecule has 1 amide bonds. The van der Waals surface area contributed by atoms with Gasteiger partial charge in [-0.25, -0.2) is 0 Å². The second-order valence-corrected chi connectivity index (χ2v) is 5.05. The lowest BCUT2D eigenvalue weighted by Crippen LogP contribution is -2.14. The fourth-order valence-electron chi connectivity index (χ4n) is 2.10. The van der Waals surface area contributed by atoms with Gasteiger partial charge in [-0.1, -0.05) is 18.2 Å². The number of anilines is 1. The zero-order valence-corrected chi connectivity index (χ0v) is 12.4. The summed E-state index contributed by atoms with van der Waals surface area (Å²) in [6.07, 6.45) is 0.226. The lowest BCUT2D eigenvalue weighted by molar-refractivity contribution is -0.115. The lowest BCUT2D eigenvalue weighted by atomic mass is 10.1. The molecule has 21 heavy (non-hydrogen) atoms. The van der Waals surface area contributed by atoms with E-state index in [1.54, 1.807) is 19.2 Å². The highest BCUT2D eigenvalue weighted by Gasteiger charge is 2.09. The van der Waals surface area contributed by atoms with Crippen LogP contribution in [-0.2, 0) is 11.2 Å². The van der Waals surface area contributed by atoms with Gasteiger partial charge >= 0.3 is 0 Å². The number of nitrogens with one attached hydrogen (secondary N) is 1. The summed E-state index contributed by atoms with van der Waals surface area (Å²) in [7, 11) is 1.61. The van der Waals surface area contributed by atoms with Crippen molar-refractivity contribution in [3.63, 3.8) is 0 Å². The van der Waals surface area contributed by atoms with E-state index in [1.165, 1.54) is 0 Å². The molecule has 0 aromatic heterocycles. The molecule has 0 spiro atoms. The van der Waals surface area contributed by atoms with Crippen LogP contribution in [0.4, 0.5) is 5.69 Å². The molecule has 110 valence electrons. The molecule has 0 heterocycles. The van der Waals surface area contributed by atoms with Gasteiger partial charge in [0.2, 0.25) is 5.91 Å². The van der Waals surface area contributed by atoms with Crippen molar-refractivity contribution in [2.45, 2.75) is 20.3 Å². The number of aryl methyl sites for hydroxylation is 2. The SMILES string of the molecule is COc1cc(CC(=O)Nc2ccc(C)cc2O)ccc1C. The second kappa shape index (κ2) is 6.31. The molecular formula is C17H19NO3. The molecule has 0 fully saturated rings. The first-order valence-electron chi connectivity index (χ1n) is 6.72. The van der Waals surface area contributed by atoms with Crippen LogP contribution >= 0.6 is 0 Å². The van der Waals surface area contributed by atoms with E-state index in [1.807, 2.05) is 38.1 Å². The predicted molar refractivity (Wildman–Crippen MR) is 82.9 cm³/mol. The van der Waals surface area contributed by atoms with Crippen molar-refractivity contribution in [3.05, 3.63) is 53.1 Å². The van der Waals surface area contributed by atoms with Gasteiger partial charge in [-0.2, -0.15) is 0 Å². The molecule has 2 aromatic rings. The number of phenolic OH excluding ortho intramolecular Hbond substituents is 1. The van der Waals surface area contributed by atoms with Crippen LogP contribution in [0.3, 0.4) is 0 Å². The fraction of sp³-hybridized carbons (Fsp3) is 0.235. The van der Waals surface area contributed by atoms with E-state index in [2.05, 4.69) is 5.32 Å². The van der Waals surface area contributed by atoms with Crippen LogP contribution < -0.4 is 10.1 Å². The van der Waals surface area contributed by atoms with Gasteiger partial charge in [0, 0.05) is 0 Å². The third-order valence-corrected chi connectivity index (χ3v) is 3.26. The van der Waals surface area contributed by atoms with Gasteiger partial charge in [-0.3, -0.25) is 4.79 Å². The van der Waals surface area contributed by atoms with Crippen molar-refractivity contribution in [2.75, 3.05) is 12.4 Å². The third kappa shape index (κ3) is 3.75. The zero-order chi connectivity index (χ0) is 15.4. The summed E-state index contributed by atoms with van der Waals surface area (Å²) in [5.74, 6) is 0.656. The fourth-order valence-corrected chi connectivity index (χ4v) is 2.10.